The molecule has 0 saturated carbocycles. The first kappa shape index (κ1) is 27.8. The third kappa shape index (κ3) is 9.06. The van der Waals surface area contributed by atoms with Crippen LogP contribution in [0.5, 0.6) is 0 Å². The molecule has 0 rings (SSSR count). The SMILES string of the molecule is CC(C)CC(N)C(=O)NC(C(=O)NC(C(=O)NC(C(=O)O)C(C)C)C(C)O)C(C)O. The van der Waals surface area contributed by atoms with Crippen molar-refractivity contribution in [2.45, 2.75) is 84.3 Å². The van der Waals surface area contributed by atoms with Crippen molar-refractivity contribution in [2.75, 3.05) is 0 Å². The molecule has 0 spiro atoms. The second kappa shape index (κ2) is 12.5. The molecule has 0 saturated heterocycles. The maximum atomic E-state index is 12.6. The summed E-state index contributed by atoms with van der Waals surface area (Å²) in [5.41, 5.74) is 5.79. The Morgan fingerprint density at radius 3 is 1.40 bits per heavy atom. The van der Waals surface area contributed by atoms with Gasteiger partial charge in [-0.1, -0.05) is 27.7 Å². The average Bonchev–Trinajstić information content (AvgIpc) is 2.59. The van der Waals surface area contributed by atoms with Crippen LogP contribution in [0, 0.1) is 11.8 Å². The maximum absolute atomic E-state index is 12.6. The highest BCUT2D eigenvalue weighted by Crippen LogP contribution is 2.06. The number of carbonyl (C=O) groups is 4. The van der Waals surface area contributed by atoms with Crippen molar-refractivity contribution < 1.29 is 34.5 Å². The van der Waals surface area contributed by atoms with Gasteiger partial charge in [0.25, 0.3) is 0 Å². The largest absolute Gasteiger partial charge is 0.480 e. The monoisotopic (exact) mass is 432 g/mol. The van der Waals surface area contributed by atoms with E-state index in [1.54, 1.807) is 13.8 Å². The van der Waals surface area contributed by atoms with Crippen LogP contribution in [0.1, 0.15) is 48.0 Å². The molecule has 6 atom stereocenters. The number of aliphatic hydroxyl groups excluding tert-OH is 2. The third-order valence-electron chi connectivity index (χ3n) is 4.42. The Labute approximate surface area is 176 Å². The van der Waals surface area contributed by atoms with E-state index >= 15 is 0 Å². The average molecular weight is 433 g/mol. The number of hydrogen-bond donors (Lipinski definition) is 7. The van der Waals surface area contributed by atoms with Crippen LogP contribution in [-0.4, -0.2) is 75.4 Å². The molecule has 0 aromatic rings. The normalized spacial score (nSPS) is 17.4. The summed E-state index contributed by atoms with van der Waals surface area (Å²) in [6.45, 7) is 9.45. The first-order valence-electron chi connectivity index (χ1n) is 9.94. The van der Waals surface area contributed by atoms with E-state index in [1.807, 2.05) is 13.8 Å². The van der Waals surface area contributed by atoms with Gasteiger partial charge in [0.05, 0.1) is 18.2 Å². The molecule has 0 radical (unpaired) electrons. The minimum atomic E-state index is -1.50. The van der Waals surface area contributed by atoms with Gasteiger partial charge in [-0.25, -0.2) is 4.79 Å². The van der Waals surface area contributed by atoms with Gasteiger partial charge in [-0.15, -0.1) is 0 Å². The van der Waals surface area contributed by atoms with Crippen molar-refractivity contribution in [2.24, 2.45) is 17.6 Å². The summed E-state index contributed by atoms with van der Waals surface area (Å²) in [7, 11) is 0. The summed E-state index contributed by atoms with van der Waals surface area (Å²) in [6.07, 6.45) is -2.32. The minimum absolute atomic E-state index is 0.135. The van der Waals surface area contributed by atoms with E-state index in [4.69, 9.17) is 5.73 Å². The van der Waals surface area contributed by atoms with Crippen molar-refractivity contribution in [3.05, 3.63) is 0 Å². The number of aliphatic carboxylic acids is 1. The number of nitrogens with one attached hydrogen (secondary N) is 3. The molecular formula is C19H36N4O7. The number of aliphatic hydroxyl groups is 2. The molecule has 30 heavy (non-hydrogen) atoms. The topological polar surface area (TPSA) is 191 Å². The van der Waals surface area contributed by atoms with E-state index in [2.05, 4.69) is 16.0 Å². The second-order valence-electron chi connectivity index (χ2n) is 8.26. The predicted octanol–water partition coefficient (Wildman–Crippen LogP) is -1.68. The fourth-order valence-electron chi connectivity index (χ4n) is 2.69. The van der Waals surface area contributed by atoms with E-state index in [0.29, 0.717) is 6.42 Å². The number of nitrogens with two attached hydrogens (primary N) is 1. The number of carbonyl (C=O) groups excluding carboxylic acids is 3. The molecule has 11 nitrogen and oxygen atoms in total. The number of carboxylic acid groups (broad SMARTS) is 1. The van der Waals surface area contributed by atoms with Crippen LogP contribution in [0.25, 0.3) is 0 Å². The first-order chi connectivity index (χ1) is 13.7. The molecule has 0 bridgehead atoms. The fraction of sp³-hybridized carbons (Fsp3) is 0.789. The van der Waals surface area contributed by atoms with Gasteiger partial charge in [-0.05, 0) is 32.1 Å². The molecule has 3 amide bonds. The smallest absolute Gasteiger partial charge is 0.326 e. The van der Waals surface area contributed by atoms with Crippen molar-refractivity contribution >= 4 is 23.7 Å². The Hall–Kier alpha value is -2.24. The van der Waals surface area contributed by atoms with Crippen molar-refractivity contribution in [1.29, 1.82) is 0 Å². The highest BCUT2D eigenvalue weighted by Gasteiger charge is 2.34. The third-order valence-corrected chi connectivity index (χ3v) is 4.42. The molecule has 0 aromatic carbocycles. The summed E-state index contributed by atoms with van der Waals surface area (Å²) < 4.78 is 0. The zero-order valence-electron chi connectivity index (χ0n) is 18.4. The molecule has 8 N–H and O–H groups in total. The summed E-state index contributed by atoms with van der Waals surface area (Å²) >= 11 is 0. The van der Waals surface area contributed by atoms with E-state index in [9.17, 15) is 34.5 Å². The van der Waals surface area contributed by atoms with E-state index in [-0.39, 0.29) is 5.92 Å². The zero-order chi connectivity index (χ0) is 23.8. The molecule has 6 unspecified atom stereocenters. The minimum Gasteiger partial charge on any atom is -0.480 e. The van der Waals surface area contributed by atoms with Crippen LogP contribution >= 0.6 is 0 Å². The molecule has 0 heterocycles. The van der Waals surface area contributed by atoms with Crippen molar-refractivity contribution in [3.63, 3.8) is 0 Å². The van der Waals surface area contributed by atoms with Crippen molar-refractivity contribution in [3.8, 4) is 0 Å². The molecule has 0 fully saturated rings. The van der Waals surface area contributed by atoms with E-state index in [1.165, 1.54) is 13.8 Å². The molecule has 0 aliphatic rings. The molecule has 11 heteroatoms. The first-order valence-corrected chi connectivity index (χ1v) is 9.94. The van der Waals surface area contributed by atoms with Gasteiger partial charge in [-0.3, -0.25) is 14.4 Å². The summed E-state index contributed by atoms with van der Waals surface area (Å²) in [6, 6.07) is -5.04. The number of hydrogen-bond acceptors (Lipinski definition) is 7. The Balaban J connectivity index is 5.34. The lowest BCUT2D eigenvalue weighted by atomic mass is 10.0. The molecule has 0 aromatic heterocycles. The van der Waals surface area contributed by atoms with Gasteiger partial charge >= 0.3 is 5.97 Å². The van der Waals surface area contributed by atoms with Crippen LogP contribution in [0.15, 0.2) is 0 Å². The molecule has 174 valence electrons. The number of amides is 3. The number of rotatable bonds is 12. The summed E-state index contributed by atoms with van der Waals surface area (Å²) in [4.78, 5) is 48.6. The summed E-state index contributed by atoms with van der Waals surface area (Å²) in [5, 5.41) is 35.9. The fourth-order valence-corrected chi connectivity index (χ4v) is 2.69. The summed E-state index contributed by atoms with van der Waals surface area (Å²) in [5.74, 6) is -4.05. The van der Waals surface area contributed by atoms with Gasteiger partial charge in [0.2, 0.25) is 17.7 Å². The van der Waals surface area contributed by atoms with E-state index < -0.39 is 66.0 Å². The molecular weight excluding hydrogens is 396 g/mol. The highest BCUT2D eigenvalue weighted by molar-refractivity contribution is 5.94. The van der Waals surface area contributed by atoms with Crippen LogP contribution < -0.4 is 21.7 Å². The molecule has 0 aliphatic heterocycles. The predicted molar refractivity (Wildman–Crippen MR) is 109 cm³/mol. The van der Waals surface area contributed by atoms with Crippen LogP contribution in [0.2, 0.25) is 0 Å². The Bertz CT molecular complexity index is 608. The number of carboxylic acids is 1. The van der Waals surface area contributed by atoms with Crippen molar-refractivity contribution in [1.82, 2.24) is 16.0 Å². The van der Waals surface area contributed by atoms with Gasteiger partial charge in [0, 0.05) is 0 Å². The lowest BCUT2D eigenvalue weighted by Gasteiger charge is -2.28. The standard InChI is InChI=1S/C19H36N4O7/c1-8(2)7-12(20)16(26)22-14(10(5)24)18(28)23-15(11(6)25)17(27)21-13(9(3)4)19(29)30/h8-15,24-25H,7,20H2,1-6H3,(H,21,27)(H,22,26)(H,23,28)(H,29,30). The zero-order valence-corrected chi connectivity index (χ0v) is 18.4. The van der Waals surface area contributed by atoms with E-state index in [0.717, 1.165) is 0 Å². The Morgan fingerprint density at radius 2 is 1.10 bits per heavy atom. The lowest BCUT2D eigenvalue weighted by Crippen LogP contribution is -2.62. The maximum Gasteiger partial charge on any atom is 0.326 e. The van der Waals surface area contributed by atoms with Gasteiger partial charge in [-0.2, -0.15) is 0 Å². The second-order valence-corrected chi connectivity index (χ2v) is 8.26. The lowest BCUT2D eigenvalue weighted by molar-refractivity contribution is -0.144. The van der Waals surface area contributed by atoms with Crippen LogP contribution in [-0.2, 0) is 19.2 Å². The van der Waals surface area contributed by atoms with Gasteiger partial charge in [0.1, 0.15) is 18.1 Å². The highest BCUT2D eigenvalue weighted by atomic mass is 16.4. The Kier molecular flexibility index (Phi) is 11.5. The van der Waals surface area contributed by atoms with Gasteiger partial charge < -0.3 is 37.0 Å². The van der Waals surface area contributed by atoms with Crippen LogP contribution in [0.3, 0.4) is 0 Å². The quantitative estimate of drug-likeness (QED) is 0.190. The Morgan fingerprint density at radius 1 is 0.733 bits per heavy atom. The van der Waals surface area contributed by atoms with Crippen LogP contribution in [0.4, 0.5) is 0 Å². The van der Waals surface area contributed by atoms with Gasteiger partial charge in [0.15, 0.2) is 0 Å². The molecule has 0 aliphatic carbocycles.